The van der Waals surface area contributed by atoms with Crippen LogP contribution in [0.5, 0.6) is 0 Å². The lowest BCUT2D eigenvalue weighted by atomic mass is 10.3. The number of unbranched alkanes of at least 4 members (excludes halogenated alkanes) is 1. The summed E-state index contributed by atoms with van der Waals surface area (Å²) in [6.07, 6.45) is 4.55. The molecule has 0 aromatic rings. The van der Waals surface area contributed by atoms with Crippen LogP contribution in [0.25, 0.3) is 0 Å². The Morgan fingerprint density at radius 1 is 1.62 bits per heavy atom. The summed E-state index contributed by atoms with van der Waals surface area (Å²) in [6.45, 7) is 2.16. The van der Waals surface area contributed by atoms with Crippen molar-refractivity contribution in [1.29, 1.82) is 0 Å². The first-order valence-corrected chi connectivity index (χ1v) is 3.93. The summed E-state index contributed by atoms with van der Waals surface area (Å²) in [4.78, 5) is 0. The van der Waals surface area contributed by atoms with Gasteiger partial charge in [-0.15, -0.1) is 11.8 Å². The van der Waals surface area contributed by atoms with E-state index in [1.165, 1.54) is 12.8 Å². The van der Waals surface area contributed by atoms with E-state index in [9.17, 15) is 0 Å². The van der Waals surface area contributed by atoms with Crippen molar-refractivity contribution in [3.63, 3.8) is 0 Å². The van der Waals surface area contributed by atoms with Crippen LogP contribution >= 0.6 is 11.8 Å². The Morgan fingerprint density at radius 2 is 2.38 bits per heavy atom. The standard InChI is InChI=1S/C6H13NS/c1-2-3-4-5-8-6-7/h4-5H,2-3,6-7H2,1H3/b5-4-. The minimum Gasteiger partial charge on any atom is -0.322 e. The van der Waals surface area contributed by atoms with E-state index in [1.807, 2.05) is 0 Å². The second-order valence-electron chi connectivity index (χ2n) is 1.49. The molecule has 0 aliphatic carbocycles. The van der Waals surface area contributed by atoms with E-state index in [-0.39, 0.29) is 0 Å². The summed E-state index contributed by atoms with van der Waals surface area (Å²) in [6, 6.07) is 0. The highest BCUT2D eigenvalue weighted by Gasteiger charge is 1.72. The third-order valence-electron chi connectivity index (χ3n) is 0.744. The molecule has 0 aromatic heterocycles. The minimum absolute atomic E-state index is 0.695. The topological polar surface area (TPSA) is 26.0 Å². The highest BCUT2D eigenvalue weighted by Crippen LogP contribution is 1.98. The van der Waals surface area contributed by atoms with Crippen LogP contribution < -0.4 is 5.73 Å². The van der Waals surface area contributed by atoms with Crippen LogP contribution in [-0.2, 0) is 0 Å². The minimum atomic E-state index is 0.695. The Bertz CT molecular complexity index is 53.5. The van der Waals surface area contributed by atoms with E-state index in [4.69, 9.17) is 5.73 Å². The van der Waals surface area contributed by atoms with Crippen molar-refractivity contribution in [3.8, 4) is 0 Å². The van der Waals surface area contributed by atoms with Crippen molar-refractivity contribution < 1.29 is 0 Å². The van der Waals surface area contributed by atoms with Crippen LogP contribution in [0.15, 0.2) is 11.5 Å². The number of rotatable bonds is 4. The lowest BCUT2D eigenvalue weighted by molar-refractivity contribution is 0.960. The van der Waals surface area contributed by atoms with Crippen molar-refractivity contribution in [2.45, 2.75) is 19.8 Å². The lowest BCUT2D eigenvalue weighted by Crippen LogP contribution is -1.88. The molecule has 0 rings (SSSR count). The predicted octanol–water partition coefficient (Wildman–Crippen LogP) is 1.95. The predicted molar refractivity (Wildman–Crippen MR) is 40.7 cm³/mol. The molecule has 0 spiro atoms. The first-order valence-electron chi connectivity index (χ1n) is 2.88. The number of thioether (sulfide) groups is 1. The van der Waals surface area contributed by atoms with Gasteiger partial charge in [-0.05, 0) is 11.8 Å². The molecule has 0 atom stereocenters. The molecule has 8 heavy (non-hydrogen) atoms. The summed E-state index contributed by atoms with van der Waals surface area (Å²) >= 11 is 1.65. The van der Waals surface area contributed by atoms with E-state index in [1.54, 1.807) is 11.8 Å². The maximum atomic E-state index is 5.22. The van der Waals surface area contributed by atoms with Crippen LogP contribution in [0.3, 0.4) is 0 Å². The van der Waals surface area contributed by atoms with Gasteiger partial charge in [0.15, 0.2) is 0 Å². The summed E-state index contributed by atoms with van der Waals surface area (Å²) in [5.74, 6) is 0.695. The van der Waals surface area contributed by atoms with Gasteiger partial charge in [-0.2, -0.15) is 0 Å². The molecule has 48 valence electrons. The maximum absolute atomic E-state index is 5.22. The summed E-state index contributed by atoms with van der Waals surface area (Å²) in [5, 5.41) is 2.06. The van der Waals surface area contributed by atoms with Gasteiger partial charge in [0.25, 0.3) is 0 Å². The number of hydrogen-bond acceptors (Lipinski definition) is 2. The molecule has 0 unspecified atom stereocenters. The van der Waals surface area contributed by atoms with E-state index >= 15 is 0 Å². The molecule has 0 aromatic carbocycles. The highest BCUT2D eigenvalue weighted by molar-refractivity contribution is 8.02. The molecule has 0 bridgehead atoms. The van der Waals surface area contributed by atoms with E-state index in [2.05, 4.69) is 18.4 Å². The van der Waals surface area contributed by atoms with E-state index in [0.29, 0.717) is 5.88 Å². The van der Waals surface area contributed by atoms with Crippen LogP contribution in [-0.4, -0.2) is 5.88 Å². The molecule has 2 heteroatoms. The zero-order valence-electron chi connectivity index (χ0n) is 5.26. The molecule has 0 fully saturated rings. The zero-order valence-corrected chi connectivity index (χ0v) is 6.08. The molecule has 0 radical (unpaired) electrons. The number of allylic oxidation sites excluding steroid dienone is 1. The van der Waals surface area contributed by atoms with Gasteiger partial charge in [0.1, 0.15) is 0 Å². The van der Waals surface area contributed by atoms with E-state index < -0.39 is 0 Å². The maximum Gasteiger partial charge on any atom is 0.0434 e. The third kappa shape index (κ3) is 6.05. The normalized spacial score (nSPS) is 10.8. The summed E-state index contributed by atoms with van der Waals surface area (Å²) in [7, 11) is 0. The molecular weight excluding hydrogens is 118 g/mol. The quantitative estimate of drug-likeness (QED) is 0.590. The third-order valence-corrected chi connectivity index (χ3v) is 1.32. The van der Waals surface area contributed by atoms with Crippen LogP contribution in [0.2, 0.25) is 0 Å². The van der Waals surface area contributed by atoms with Crippen LogP contribution in [0.1, 0.15) is 19.8 Å². The lowest BCUT2D eigenvalue weighted by Gasteiger charge is -1.83. The molecule has 0 saturated heterocycles. The van der Waals surface area contributed by atoms with Gasteiger partial charge in [0, 0.05) is 5.88 Å². The first kappa shape index (κ1) is 8.05. The fraction of sp³-hybridized carbons (Fsp3) is 0.667. The number of hydrogen-bond donors (Lipinski definition) is 1. The van der Waals surface area contributed by atoms with Crippen molar-refractivity contribution in [2.75, 3.05) is 5.88 Å². The number of nitrogens with two attached hydrogens (primary N) is 1. The monoisotopic (exact) mass is 131 g/mol. The van der Waals surface area contributed by atoms with Gasteiger partial charge >= 0.3 is 0 Å². The Morgan fingerprint density at radius 3 is 2.88 bits per heavy atom. The molecule has 0 aliphatic rings. The fourth-order valence-corrected chi connectivity index (χ4v) is 0.742. The summed E-state index contributed by atoms with van der Waals surface area (Å²) in [5.41, 5.74) is 5.22. The fourth-order valence-electron chi connectivity index (χ4n) is 0.358. The second kappa shape index (κ2) is 7.05. The van der Waals surface area contributed by atoms with Crippen molar-refractivity contribution >= 4 is 11.8 Å². The summed E-state index contributed by atoms with van der Waals surface area (Å²) < 4.78 is 0. The molecular formula is C6H13NS. The van der Waals surface area contributed by atoms with Gasteiger partial charge in [0.05, 0.1) is 0 Å². The smallest absolute Gasteiger partial charge is 0.0434 e. The Kier molecular flexibility index (Phi) is 7.09. The van der Waals surface area contributed by atoms with Crippen molar-refractivity contribution in [1.82, 2.24) is 0 Å². The van der Waals surface area contributed by atoms with Gasteiger partial charge in [-0.25, -0.2) is 0 Å². The average molecular weight is 131 g/mol. The molecule has 0 saturated carbocycles. The van der Waals surface area contributed by atoms with Crippen LogP contribution in [0.4, 0.5) is 0 Å². The molecule has 0 amide bonds. The molecule has 0 heterocycles. The first-order chi connectivity index (χ1) is 3.91. The van der Waals surface area contributed by atoms with Crippen molar-refractivity contribution in [3.05, 3.63) is 11.5 Å². The SMILES string of the molecule is CCC/C=C\SCN. The Balaban J connectivity index is 2.83. The van der Waals surface area contributed by atoms with Gasteiger partial charge in [-0.1, -0.05) is 19.4 Å². The second-order valence-corrected chi connectivity index (χ2v) is 2.43. The van der Waals surface area contributed by atoms with Gasteiger partial charge < -0.3 is 5.73 Å². The highest BCUT2D eigenvalue weighted by atomic mass is 32.2. The molecule has 0 aliphatic heterocycles. The van der Waals surface area contributed by atoms with E-state index in [0.717, 1.165) is 0 Å². The van der Waals surface area contributed by atoms with Gasteiger partial charge in [-0.3, -0.25) is 0 Å². The average Bonchev–Trinajstić information content (AvgIpc) is 1.81. The molecule has 1 nitrogen and oxygen atoms in total. The Hall–Kier alpha value is 0.0500. The largest absolute Gasteiger partial charge is 0.322 e. The van der Waals surface area contributed by atoms with Crippen LogP contribution in [0, 0.1) is 0 Å². The zero-order chi connectivity index (χ0) is 6.24. The Labute approximate surface area is 55.3 Å². The van der Waals surface area contributed by atoms with Crippen molar-refractivity contribution in [2.24, 2.45) is 5.73 Å². The van der Waals surface area contributed by atoms with Gasteiger partial charge in [0.2, 0.25) is 0 Å². The molecule has 2 N–H and O–H groups in total.